The molecule has 1 N–H and O–H groups in total. The van der Waals surface area contributed by atoms with Gasteiger partial charge in [0.2, 0.25) is 0 Å². The Labute approximate surface area is 112 Å². The molecule has 0 atom stereocenters. The van der Waals surface area contributed by atoms with Crippen LogP contribution < -0.4 is 10.1 Å². The van der Waals surface area contributed by atoms with E-state index in [0.29, 0.717) is 12.2 Å². The molecule has 0 aromatic carbocycles. The van der Waals surface area contributed by atoms with Crippen LogP contribution in [-0.4, -0.2) is 33.2 Å². The molecule has 6 nitrogen and oxygen atoms in total. The molecule has 2 heterocycles. The summed E-state index contributed by atoms with van der Waals surface area (Å²) < 4.78 is 7.41. The average Bonchev–Trinajstić information content (AvgIpc) is 2.82. The molecule has 0 fully saturated rings. The number of nitrogens with zero attached hydrogens (tertiary/aromatic N) is 4. The third-order valence-corrected chi connectivity index (χ3v) is 2.87. The van der Waals surface area contributed by atoms with E-state index in [1.165, 1.54) is 0 Å². The molecule has 6 heteroatoms. The van der Waals surface area contributed by atoms with Gasteiger partial charge in [-0.25, -0.2) is 15.0 Å². The maximum atomic E-state index is 5.44. The second-order valence-electron chi connectivity index (χ2n) is 4.26. The number of imidazole rings is 1. The van der Waals surface area contributed by atoms with Crippen molar-refractivity contribution in [1.82, 2.24) is 19.5 Å². The highest BCUT2D eigenvalue weighted by Gasteiger charge is 2.13. The highest BCUT2D eigenvalue weighted by atomic mass is 16.5. The summed E-state index contributed by atoms with van der Waals surface area (Å²) in [6, 6.07) is 0. The lowest BCUT2D eigenvalue weighted by Crippen LogP contribution is -2.08. The van der Waals surface area contributed by atoms with Crippen molar-refractivity contribution < 1.29 is 4.74 Å². The molecule has 2 aromatic heterocycles. The zero-order valence-electron chi connectivity index (χ0n) is 11.6. The Hall–Kier alpha value is -2.11. The summed E-state index contributed by atoms with van der Waals surface area (Å²) in [5.74, 6) is 2.38. The van der Waals surface area contributed by atoms with Gasteiger partial charge in [-0.15, -0.1) is 0 Å². The predicted octanol–water partition coefficient (Wildman–Crippen LogP) is 1.63. The van der Waals surface area contributed by atoms with Crippen LogP contribution >= 0.6 is 0 Å². The number of ether oxygens (including phenoxy) is 1. The van der Waals surface area contributed by atoms with E-state index in [1.54, 1.807) is 19.6 Å². The van der Waals surface area contributed by atoms with Crippen molar-refractivity contribution in [3.8, 4) is 5.75 Å². The second kappa shape index (κ2) is 6.17. The topological polar surface area (TPSA) is 64.9 Å². The van der Waals surface area contributed by atoms with Crippen molar-refractivity contribution in [2.45, 2.75) is 19.8 Å². The first-order chi connectivity index (χ1) is 9.26. The zero-order chi connectivity index (χ0) is 13.7. The van der Waals surface area contributed by atoms with Gasteiger partial charge in [-0.1, -0.05) is 6.92 Å². The summed E-state index contributed by atoms with van der Waals surface area (Å²) in [5, 5.41) is 3.25. The van der Waals surface area contributed by atoms with E-state index in [1.807, 2.05) is 17.8 Å². The molecule has 2 rings (SSSR count). The molecule has 0 radical (unpaired) electrons. The number of hydrogen-bond acceptors (Lipinski definition) is 5. The molecule has 0 aliphatic heterocycles. The Morgan fingerprint density at radius 2 is 2.16 bits per heavy atom. The standard InChI is InChI=1S/C13H19N5O/c1-4-5-15-13-12(19-3)10(16-9-17-13)8-11-14-6-7-18(11)2/h6-7,9H,4-5,8H2,1-3H3,(H,15,16,17). The first-order valence-electron chi connectivity index (χ1n) is 6.34. The van der Waals surface area contributed by atoms with E-state index in [4.69, 9.17) is 4.74 Å². The van der Waals surface area contributed by atoms with Crippen LogP contribution in [0, 0.1) is 0 Å². The molecule has 0 aliphatic carbocycles. The minimum Gasteiger partial charge on any atom is -0.491 e. The molecular weight excluding hydrogens is 242 g/mol. The third kappa shape index (κ3) is 3.01. The first kappa shape index (κ1) is 13.3. The van der Waals surface area contributed by atoms with Gasteiger partial charge in [0.25, 0.3) is 0 Å². The van der Waals surface area contributed by atoms with E-state index >= 15 is 0 Å². The zero-order valence-corrected chi connectivity index (χ0v) is 11.6. The number of aromatic nitrogens is 4. The van der Waals surface area contributed by atoms with E-state index in [-0.39, 0.29) is 0 Å². The van der Waals surface area contributed by atoms with Crippen LogP contribution in [0.25, 0.3) is 0 Å². The number of hydrogen-bond donors (Lipinski definition) is 1. The lowest BCUT2D eigenvalue weighted by Gasteiger charge is -2.12. The van der Waals surface area contributed by atoms with Crippen LogP contribution in [0.2, 0.25) is 0 Å². The molecular formula is C13H19N5O. The molecule has 0 saturated heterocycles. The highest BCUT2D eigenvalue weighted by Crippen LogP contribution is 2.26. The van der Waals surface area contributed by atoms with Crippen LogP contribution in [0.15, 0.2) is 18.7 Å². The van der Waals surface area contributed by atoms with E-state index in [2.05, 4.69) is 27.2 Å². The van der Waals surface area contributed by atoms with Crippen molar-refractivity contribution in [1.29, 1.82) is 0 Å². The summed E-state index contributed by atoms with van der Waals surface area (Å²) >= 11 is 0. The first-order valence-corrected chi connectivity index (χ1v) is 6.34. The van der Waals surface area contributed by atoms with Gasteiger partial charge in [-0.05, 0) is 6.42 Å². The van der Waals surface area contributed by atoms with Gasteiger partial charge in [-0.3, -0.25) is 0 Å². The quantitative estimate of drug-likeness (QED) is 0.856. The van der Waals surface area contributed by atoms with Crippen molar-refractivity contribution in [2.75, 3.05) is 19.0 Å². The third-order valence-electron chi connectivity index (χ3n) is 2.87. The smallest absolute Gasteiger partial charge is 0.183 e. The van der Waals surface area contributed by atoms with Gasteiger partial charge in [0.15, 0.2) is 11.6 Å². The number of nitrogens with one attached hydrogen (secondary N) is 1. The second-order valence-corrected chi connectivity index (χ2v) is 4.26. The van der Waals surface area contributed by atoms with E-state index < -0.39 is 0 Å². The van der Waals surface area contributed by atoms with Gasteiger partial charge in [0.1, 0.15) is 12.2 Å². The average molecular weight is 261 g/mol. The monoisotopic (exact) mass is 261 g/mol. The van der Waals surface area contributed by atoms with Crippen LogP contribution in [0.5, 0.6) is 5.75 Å². The van der Waals surface area contributed by atoms with Gasteiger partial charge in [-0.2, -0.15) is 0 Å². The molecule has 0 amide bonds. The Balaban J connectivity index is 2.27. The molecule has 0 spiro atoms. The van der Waals surface area contributed by atoms with Crippen LogP contribution in [0.3, 0.4) is 0 Å². The SMILES string of the molecule is CCCNc1ncnc(Cc2nccn2C)c1OC. The fraction of sp³-hybridized carbons (Fsp3) is 0.462. The highest BCUT2D eigenvalue weighted by molar-refractivity contribution is 5.52. The molecule has 2 aromatic rings. The fourth-order valence-electron chi connectivity index (χ4n) is 1.84. The normalized spacial score (nSPS) is 10.5. The number of anilines is 1. The molecule has 0 unspecified atom stereocenters. The number of rotatable bonds is 6. The van der Waals surface area contributed by atoms with Crippen LogP contribution in [-0.2, 0) is 13.5 Å². The van der Waals surface area contributed by atoms with Gasteiger partial charge in [0.05, 0.1) is 19.2 Å². The van der Waals surface area contributed by atoms with Gasteiger partial charge in [0, 0.05) is 26.0 Å². The van der Waals surface area contributed by atoms with Crippen molar-refractivity contribution in [3.63, 3.8) is 0 Å². The maximum Gasteiger partial charge on any atom is 0.183 e. The minimum absolute atomic E-state index is 0.621. The molecule has 0 bridgehead atoms. The minimum atomic E-state index is 0.621. The lowest BCUT2D eigenvalue weighted by atomic mass is 10.2. The predicted molar refractivity (Wildman–Crippen MR) is 73.4 cm³/mol. The molecule has 0 aliphatic rings. The van der Waals surface area contributed by atoms with Crippen molar-refractivity contribution in [2.24, 2.45) is 7.05 Å². The molecule has 0 saturated carbocycles. The molecule has 19 heavy (non-hydrogen) atoms. The summed E-state index contributed by atoms with van der Waals surface area (Å²) in [5.41, 5.74) is 0.838. The fourth-order valence-corrected chi connectivity index (χ4v) is 1.84. The Bertz CT molecular complexity index is 538. The molecule has 102 valence electrons. The number of methoxy groups -OCH3 is 1. The Morgan fingerprint density at radius 1 is 1.32 bits per heavy atom. The summed E-state index contributed by atoms with van der Waals surface area (Å²) in [6.07, 6.45) is 6.90. The van der Waals surface area contributed by atoms with Gasteiger partial charge >= 0.3 is 0 Å². The van der Waals surface area contributed by atoms with Crippen LogP contribution in [0.1, 0.15) is 24.9 Å². The Kier molecular flexibility index (Phi) is 4.33. The lowest BCUT2D eigenvalue weighted by molar-refractivity contribution is 0.407. The van der Waals surface area contributed by atoms with E-state index in [0.717, 1.165) is 30.3 Å². The van der Waals surface area contributed by atoms with E-state index in [9.17, 15) is 0 Å². The van der Waals surface area contributed by atoms with Gasteiger partial charge < -0.3 is 14.6 Å². The maximum absolute atomic E-state index is 5.44. The summed E-state index contributed by atoms with van der Waals surface area (Å²) in [4.78, 5) is 12.8. The summed E-state index contributed by atoms with van der Waals surface area (Å²) in [7, 11) is 3.60. The largest absolute Gasteiger partial charge is 0.491 e. The van der Waals surface area contributed by atoms with Crippen LogP contribution in [0.4, 0.5) is 5.82 Å². The van der Waals surface area contributed by atoms with Crippen molar-refractivity contribution in [3.05, 3.63) is 30.2 Å². The number of aryl methyl sites for hydroxylation is 1. The van der Waals surface area contributed by atoms with Crippen molar-refractivity contribution >= 4 is 5.82 Å². The summed E-state index contributed by atoms with van der Waals surface area (Å²) in [6.45, 7) is 2.96. The Morgan fingerprint density at radius 3 is 2.79 bits per heavy atom.